The van der Waals surface area contributed by atoms with Crippen LogP contribution in [0.25, 0.3) is 0 Å². The van der Waals surface area contributed by atoms with Crippen LogP contribution in [0.15, 0.2) is 33.4 Å². The summed E-state index contributed by atoms with van der Waals surface area (Å²) in [6.45, 7) is 0. The Morgan fingerprint density at radius 1 is 1.50 bits per heavy atom. The molecule has 0 spiro atoms. The first-order chi connectivity index (χ1) is 5.77. The SMILES string of the molecule is O=C1C=C(Cl)C2C=CN=CC2=N1. The van der Waals surface area contributed by atoms with Crippen LogP contribution in [-0.4, -0.2) is 17.8 Å². The summed E-state index contributed by atoms with van der Waals surface area (Å²) in [5, 5.41) is 0.507. The molecule has 2 rings (SSSR count). The second-order valence-electron chi connectivity index (χ2n) is 2.50. The molecule has 4 heteroatoms. The van der Waals surface area contributed by atoms with Crippen LogP contribution in [0.1, 0.15) is 0 Å². The van der Waals surface area contributed by atoms with Crippen molar-refractivity contribution in [1.29, 1.82) is 0 Å². The van der Waals surface area contributed by atoms with E-state index in [1.165, 1.54) is 6.08 Å². The first-order valence-electron chi connectivity index (χ1n) is 3.47. The lowest BCUT2D eigenvalue weighted by molar-refractivity contribution is -0.113. The second-order valence-corrected chi connectivity index (χ2v) is 2.94. The molecule has 0 bridgehead atoms. The highest BCUT2D eigenvalue weighted by Crippen LogP contribution is 2.23. The van der Waals surface area contributed by atoms with Gasteiger partial charge in [-0.1, -0.05) is 17.7 Å². The Morgan fingerprint density at radius 3 is 3.17 bits per heavy atom. The Hall–Kier alpha value is -1.22. The summed E-state index contributed by atoms with van der Waals surface area (Å²) in [5.74, 6) is -0.380. The highest BCUT2D eigenvalue weighted by molar-refractivity contribution is 6.43. The van der Waals surface area contributed by atoms with Crippen molar-refractivity contribution >= 4 is 29.4 Å². The molecule has 0 radical (unpaired) electrons. The lowest BCUT2D eigenvalue weighted by atomic mass is 9.99. The highest BCUT2D eigenvalue weighted by Gasteiger charge is 2.22. The number of hydrogen-bond acceptors (Lipinski definition) is 2. The van der Waals surface area contributed by atoms with Crippen molar-refractivity contribution in [2.24, 2.45) is 15.9 Å². The second kappa shape index (κ2) is 2.68. The van der Waals surface area contributed by atoms with Gasteiger partial charge >= 0.3 is 0 Å². The number of nitrogens with zero attached hydrogens (tertiary/aromatic N) is 2. The number of halogens is 1. The van der Waals surface area contributed by atoms with Gasteiger partial charge in [0.1, 0.15) is 0 Å². The van der Waals surface area contributed by atoms with Gasteiger partial charge in [-0.05, 0) is 0 Å². The molecular weight excluding hydrogens is 176 g/mol. The molecule has 0 aromatic heterocycles. The zero-order valence-corrected chi connectivity index (χ0v) is 6.82. The summed E-state index contributed by atoms with van der Waals surface area (Å²) in [4.78, 5) is 18.5. The van der Waals surface area contributed by atoms with Gasteiger partial charge in [0.25, 0.3) is 5.91 Å². The summed E-state index contributed by atoms with van der Waals surface area (Å²) in [7, 11) is 0. The first-order valence-corrected chi connectivity index (χ1v) is 3.84. The van der Waals surface area contributed by atoms with Gasteiger partial charge in [0.05, 0.1) is 11.6 Å². The van der Waals surface area contributed by atoms with E-state index in [2.05, 4.69) is 9.98 Å². The fraction of sp³-hybridized carbons (Fsp3) is 0.125. The molecule has 0 aromatic carbocycles. The van der Waals surface area contributed by atoms with Gasteiger partial charge in [-0.25, -0.2) is 4.99 Å². The highest BCUT2D eigenvalue weighted by atomic mass is 35.5. The number of carbonyl (C=O) groups is 1. The largest absolute Gasteiger partial charge is 0.271 e. The molecule has 1 atom stereocenters. The van der Waals surface area contributed by atoms with Crippen LogP contribution in [0.4, 0.5) is 0 Å². The fourth-order valence-electron chi connectivity index (χ4n) is 1.13. The monoisotopic (exact) mass is 180 g/mol. The van der Waals surface area contributed by atoms with Crippen LogP contribution in [0, 0.1) is 5.92 Å². The Kier molecular flexibility index (Phi) is 1.66. The van der Waals surface area contributed by atoms with Crippen molar-refractivity contribution < 1.29 is 4.79 Å². The predicted molar refractivity (Wildman–Crippen MR) is 47.5 cm³/mol. The number of hydrogen-bond donors (Lipinski definition) is 0. The first kappa shape index (κ1) is 7.43. The molecule has 0 saturated heterocycles. The molecule has 0 N–H and O–H groups in total. The molecule has 12 heavy (non-hydrogen) atoms. The van der Waals surface area contributed by atoms with Crippen LogP contribution in [0.2, 0.25) is 0 Å². The maximum atomic E-state index is 10.9. The predicted octanol–water partition coefficient (Wildman–Crippen LogP) is 1.30. The van der Waals surface area contributed by atoms with Crippen LogP contribution in [0.5, 0.6) is 0 Å². The third kappa shape index (κ3) is 1.12. The smallest absolute Gasteiger partial charge is 0.267 e. The molecule has 2 heterocycles. The van der Waals surface area contributed by atoms with Gasteiger partial charge < -0.3 is 0 Å². The molecule has 3 nitrogen and oxygen atoms in total. The van der Waals surface area contributed by atoms with Crippen molar-refractivity contribution in [3.8, 4) is 0 Å². The summed E-state index contributed by atoms with van der Waals surface area (Å²) in [6.07, 6.45) is 6.34. The number of aliphatic imine (C=N–C) groups is 2. The maximum absolute atomic E-state index is 10.9. The van der Waals surface area contributed by atoms with E-state index < -0.39 is 0 Å². The van der Waals surface area contributed by atoms with Gasteiger partial charge in [0.15, 0.2) is 0 Å². The van der Waals surface area contributed by atoms with Crippen LogP contribution in [-0.2, 0) is 4.79 Å². The van der Waals surface area contributed by atoms with Crippen molar-refractivity contribution in [3.63, 3.8) is 0 Å². The lowest BCUT2D eigenvalue weighted by Gasteiger charge is -2.16. The quantitative estimate of drug-likeness (QED) is 0.554. The third-order valence-corrected chi connectivity index (χ3v) is 2.03. The van der Waals surface area contributed by atoms with E-state index in [-0.39, 0.29) is 11.8 Å². The standard InChI is InChI=1S/C8H5ClN2O/c9-6-3-8(12)11-7-4-10-2-1-5(6)7/h1-5H. The van der Waals surface area contributed by atoms with Crippen molar-refractivity contribution in [1.82, 2.24) is 0 Å². The number of amides is 1. The van der Waals surface area contributed by atoms with E-state index in [1.54, 1.807) is 12.4 Å². The van der Waals surface area contributed by atoms with Crippen LogP contribution >= 0.6 is 11.6 Å². The topological polar surface area (TPSA) is 41.8 Å². The molecule has 0 aliphatic carbocycles. The molecular formula is C8H5ClN2O. The minimum Gasteiger partial charge on any atom is -0.267 e. The number of fused-ring (bicyclic) bond motifs is 1. The molecule has 1 unspecified atom stereocenters. The van der Waals surface area contributed by atoms with Crippen LogP contribution in [0.3, 0.4) is 0 Å². The van der Waals surface area contributed by atoms with Crippen LogP contribution < -0.4 is 0 Å². The summed E-state index contributed by atoms with van der Waals surface area (Å²) >= 11 is 5.83. The zero-order valence-electron chi connectivity index (χ0n) is 6.07. The van der Waals surface area contributed by atoms with Crippen molar-refractivity contribution in [2.45, 2.75) is 0 Å². The Labute approximate surface area is 74.2 Å². The van der Waals surface area contributed by atoms with Gasteiger partial charge in [-0.3, -0.25) is 9.79 Å². The average molecular weight is 181 g/mol. The van der Waals surface area contributed by atoms with E-state index in [4.69, 9.17) is 11.6 Å². The van der Waals surface area contributed by atoms with E-state index in [0.717, 1.165) is 0 Å². The summed E-state index contributed by atoms with van der Waals surface area (Å²) in [6, 6.07) is 0. The lowest BCUT2D eigenvalue weighted by Crippen LogP contribution is -2.21. The van der Waals surface area contributed by atoms with Gasteiger partial charge in [-0.15, -0.1) is 0 Å². The molecule has 0 aromatic rings. The van der Waals surface area contributed by atoms with Crippen molar-refractivity contribution in [3.05, 3.63) is 23.4 Å². The van der Waals surface area contributed by atoms with E-state index in [0.29, 0.717) is 10.7 Å². The Bertz CT molecular complexity index is 352. The van der Waals surface area contributed by atoms with Gasteiger partial charge in [0.2, 0.25) is 0 Å². The van der Waals surface area contributed by atoms with Gasteiger partial charge in [0, 0.05) is 23.5 Å². The number of allylic oxidation sites excluding steroid dienone is 2. The minimum absolute atomic E-state index is 0.0677. The maximum Gasteiger partial charge on any atom is 0.271 e. The molecule has 0 fully saturated rings. The number of dihydropyridines is 1. The van der Waals surface area contributed by atoms with Crippen molar-refractivity contribution in [2.75, 3.05) is 0 Å². The summed E-state index contributed by atoms with van der Waals surface area (Å²) in [5.41, 5.74) is 0.620. The molecule has 0 saturated carbocycles. The van der Waals surface area contributed by atoms with E-state index in [9.17, 15) is 4.79 Å². The molecule has 60 valence electrons. The van der Waals surface area contributed by atoms with E-state index >= 15 is 0 Å². The molecule has 2 aliphatic heterocycles. The fourth-order valence-corrected chi connectivity index (χ4v) is 1.41. The molecule has 1 amide bonds. The number of rotatable bonds is 0. The van der Waals surface area contributed by atoms with Gasteiger partial charge in [-0.2, -0.15) is 0 Å². The minimum atomic E-state index is -0.312. The normalized spacial score (nSPS) is 26.4. The summed E-state index contributed by atoms with van der Waals surface area (Å²) < 4.78 is 0. The zero-order chi connectivity index (χ0) is 8.55. The van der Waals surface area contributed by atoms with E-state index in [1.807, 2.05) is 6.08 Å². The average Bonchev–Trinajstić information content (AvgIpc) is 2.04. The molecule has 2 aliphatic rings. The number of carbonyl (C=O) groups excluding carboxylic acids is 1. The Morgan fingerprint density at radius 2 is 2.33 bits per heavy atom. The Balaban J connectivity index is 2.44. The third-order valence-electron chi connectivity index (χ3n) is 1.69.